The van der Waals surface area contributed by atoms with Crippen LogP contribution < -0.4 is 10.5 Å². The molecule has 3 N–H and O–H groups in total. The van der Waals surface area contributed by atoms with Crippen LogP contribution in [0.15, 0.2) is 17.4 Å². The van der Waals surface area contributed by atoms with E-state index in [9.17, 15) is 0 Å². The minimum atomic E-state index is -0.0655. The molecule has 1 aliphatic heterocycles. The lowest BCUT2D eigenvalue weighted by Gasteiger charge is -2.22. The standard InChI is InChI=1S/C10H14N4O3/c11-9(14-15)8-1-4-12-10(13-8)17-7-2-5-16-6-3-7/h1,4,7,15H,2-3,5-6H2,(H2,11,14). The molecule has 1 aliphatic rings. The molecule has 0 unspecified atom stereocenters. The van der Waals surface area contributed by atoms with E-state index in [-0.39, 0.29) is 18.0 Å². The van der Waals surface area contributed by atoms with Crippen molar-refractivity contribution in [3.63, 3.8) is 0 Å². The van der Waals surface area contributed by atoms with Crippen molar-refractivity contribution in [2.24, 2.45) is 10.9 Å². The zero-order chi connectivity index (χ0) is 12.1. The third-order valence-corrected chi connectivity index (χ3v) is 2.44. The summed E-state index contributed by atoms with van der Waals surface area (Å²) in [5, 5.41) is 11.4. The number of nitrogens with zero attached hydrogens (tertiary/aromatic N) is 3. The van der Waals surface area contributed by atoms with Gasteiger partial charge in [-0.2, -0.15) is 4.98 Å². The van der Waals surface area contributed by atoms with Crippen LogP contribution in [0.3, 0.4) is 0 Å². The summed E-state index contributed by atoms with van der Waals surface area (Å²) in [6, 6.07) is 1.78. The van der Waals surface area contributed by atoms with Crippen LogP contribution in [0, 0.1) is 0 Å². The number of oxime groups is 1. The molecule has 1 fully saturated rings. The van der Waals surface area contributed by atoms with Crippen LogP contribution >= 0.6 is 0 Å². The lowest BCUT2D eigenvalue weighted by Crippen LogP contribution is -2.27. The molecule has 1 aromatic heterocycles. The van der Waals surface area contributed by atoms with Crippen molar-refractivity contribution in [3.8, 4) is 6.01 Å². The van der Waals surface area contributed by atoms with E-state index in [0.717, 1.165) is 12.8 Å². The number of hydrogen-bond acceptors (Lipinski definition) is 6. The predicted octanol–water partition coefficient (Wildman–Crippen LogP) is 0.129. The second kappa shape index (κ2) is 5.44. The van der Waals surface area contributed by atoms with E-state index < -0.39 is 0 Å². The summed E-state index contributed by atoms with van der Waals surface area (Å²) in [4.78, 5) is 8.03. The van der Waals surface area contributed by atoms with Gasteiger partial charge in [-0.05, 0) is 6.07 Å². The highest BCUT2D eigenvalue weighted by Crippen LogP contribution is 2.13. The number of nitrogens with two attached hydrogens (primary N) is 1. The molecule has 0 radical (unpaired) electrons. The Balaban J connectivity index is 2.05. The minimum absolute atomic E-state index is 0.0614. The number of ether oxygens (including phenoxy) is 2. The number of amidine groups is 1. The third-order valence-electron chi connectivity index (χ3n) is 2.44. The van der Waals surface area contributed by atoms with Crippen LogP contribution in [0.4, 0.5) is 0 Å². The number of aromatic nitrogens is 2. The first-order chi connectivity index (χ1) is 8.29. The highest BCUT2D eigenvalue weighted by atomic mass is 16.5. The predicted molar refractivity (Wildman–Crippen MR) is 59.0 cm³/mol. The van der Waals surface area contributed by atoms with Crippen LogP contribution in [0.5, 0.6) is 6.01 Å². The maximum atomic E-state index is 8.55. The van der Waals surface area contributed by atoms with Crippen LogP contribution in [0.25, 0.3) is 0 Å². The summed E-state index contributed by atoms with van der Waals surface area (Å²) in [5.41, 5.74) is 5.77. The van der Waals surface area contributed by atoms with E-state index in [4.69, 9.17) is 20.4 Å². The van der Waals surface area contributed by atoms with Crippen molar-refractivity contribution in [1.29, 1.82) is 0 Å². The maximum absolute atomic E-state index is 8.55. The molecule has 1 saturated heterocycles. The van der Waals surface area contributed by atoms with Gasteiger partial charge >= 0.3 is 6.01 Å². The molecule has 0 atom stereocenters. The van der Waals surface area contributed by atoms with Gasteiger partial charge in [0.1, 0.15) is 11.8 Å². The Morgan fingerprint density at radius 2 is 2.29 bits per heavy atom. The summed E-state index contributed by atoms with van der Waals surface area (Å²) in [6.45, 7) is 1.37. The van der Waals surface area contributed by atoms with Crippen molar-refractivity contribution >= 4 is 5.84 Å². The number of rotatable bonds is 3. The smallest absolute Gasteiger partial charge is 0.317 e. The Bertz CT molecular complexity index is 404. The summed E-state index contributed by atoms with van der Waals surface area (Å²) in [6.07, 6.45) is 3.20. The summed E-state index contributed by atoms with van der Waals surface area (Å²) in [5.74, 6) is -0.0655. The van der Waals surface area contributed by atoms with Crippen LogP contribution in [0.1, 0.15) is 18.5 Å². The quantitative estimate of drug-likeness (QED) is 0.336. The van der Waals surface area contributed by atoms with E-state index in [2.05, 4.69) is 15.1 Å². The van der Waals surface area contributed by atoms with Crippen molar-refractivity contribution in [2.75, 3.05) is 13.2 Å². The lowest BCUT2D eigenvalue weighted by atomic mass is 10.2. The molecule has 0 amide bonds. The van der Waals surface area contributed by atoms with Gasteiger partial charge in [0.25, 0.3) is 0 Å². The molecule has 0 bridgehead atoms. The fraction of sp³-hybridized carbons (Fsp3) is 0.500. The highest BCUT2D eigenvalue weighted by Gasteiger charge is 2.16. The average molecular weight is 238 g/mol. The molecule has 0 aromatic carbocycles. The second-order valence-corrected chi connectivity index (χ2v) is 3.64. The van der Waals surface area contributed by atoms with Crippen molar-refractivity contribution < 1.29 is 14.7 Å². The van der Waals surface area contributed by atoms with E-state index in [1.165, 1.54) is 6.20 Å². The van der Waals surface area contributed by atoms with Crippen LogP contribution in [-0.4, -0.2) is 40.3 Å². The van der Waals surface area contributed by atoms with Gasteiger partial charge in [0.15, 0.2) is 5.84 Å². The van der Waals surface area contributed by atoms with Crippen molar-refractivity contribution in [2.45, 2.75) is 18.9 Å². The van der Waals surface area contributed by atoms with E-state index in [1.54, 1.807) is 6.07 Å². The van der Waals surface area contributed by atoms with Crippen molar-refractivity contribution in [1.82, 2.24) is 9.97 Å². The molecule has 2 heterocycles. The average Bonchev–Trinajstić information content (AvgIpc) is 2.39. The normalized spacial score (nSPS) is 18.0. The molecule has 0 spiro atoms. The van der Waals surface area contributed by atoms with Gasteiger partial charge in [-0.15, -0.1) is 0 Å². The first kappa shape index (κ1) is 11.6. The monoisotopic (exact) mass is 238 g/mol. The first-order valence-corrected chi connectivity index (χ1v) is 5.35. The SMILES string of the molecule is N/C(=N/O)c1ccnc(OC2CCOCC2)n1. The van der Waals surface area contributed by atoms with Gasteiger partial charge in [0, 0.05) is 19.0 Å². The maximum Gasteiger partial charge on any atom is 0.317 e. The molecule has 92 valence electrons. The van der Waals surface area contributed by atoms with E-state index in [1.807, 2.05) is 0 Å². The minimum Gasteiger partial charge on any atom is -0.460 e. The Kier molecular flexibility index (Phi) is 3.71. The molecular formula is C10H14N4O3. The fourth-order valence-corrected chi connectivity index (χ4v) is 1.53. The fourth-order valence-electron chi connectivity index (χ4n) is 1.53. The Morgan fingerprint density at radius 3 is 3.00 bits per heavy atom. The molecule has 2 rings (SSSR count). The first-order valence-electron chi connectivity index (χ1n) is 5.35. The van der Waals surface area contributed by atoms with Gasteiger partial charge in [-0.25, -0.2) is 4.98 Å². The van der Waals surface area contributed by atoms with Gasteiger partial charge in [-0.1, -0.05) is 5.16 Å². The zero-order valence-electron chi connectivity index (χ0n) is 9.24. The Labute approximate surface area is 98.3 Å². The summed E-state index contributed by atoms with van der Waals surface area (Å²) in [7, 11) is 0. The molecule has 17 heavy (non-hydrogen) atoms. The molecule has 7 nitrogen and oxygen atoms in total. The second-order valence-electron chi connectivity index (χ2n) is 3.64. The Hall–Kier alpha value is -1.89. The number of hydrogen-bond donors (Lipinski definition) is 2. The van der Waals surface area contributed by atoms with Crippen LogP contribution in [-0.2, 0) is 4.74 Å². The summed E-state index contributed by atoms with van der Waals surface area (Å²) < 4.78 is 10.8. The van der Waals surface area contributed by atoms with Crippen LogP contribution in [0.2, 0.25) is 0 Å². The highest BCUT2D eigenvalue weighted by molar-refractivity contribution is 5.95. The molecule has 0 saturated carbocycles. The molecule has 7 heteroatoms. The molecule has 0 aliphatic carbocycles. The summed E-state index contributed by atoms with van der Waals surface area (Å²) >= 11 is 0. The lowest BCUT2D eigenvalue weighted by molar-refractivity contribution is 0.0217. The molecule has 1 aromatic rings. The van der Waals surface area contributed by atoms with Gasteiger partial charge in [0.2, 0.25) is 0 Å². The van der Waals surface area contributed by atoms with Crippen molar-refractivity contribution in [3.05, 3.63) is 18.0 Å². The largest absolute Gasteiger partial charge is 0.460 e. The third kappa shape index (κ3) is 3.04. The Morgan fingerprint density at radius 1 is 1.53 bits per heavy atom. The van der Waals surface area contributed by atoms with Gasteiger partial charge < -0.3 is 20.4 Å². The van der Waals surface area contributed by atoms with Gasteiger partial charge in [-0.3, -0.25) is 0 Å². The topological polar surface area (TPSA) is 103 Å². The van der Waals surface area contributed by atoms with E-state index >= 15 is 0 Å². The van der Waals surface area contributed by atoms with Gasteiger partial charge in [0.05, 0.1) is 13.2 Å². The molecular weight excluding hydrogens is 224 g/mol. The zero-order valence-corrected chi connectivity index (χ0v) is 9.24. The van der Waals surface area contributed by atoms with E-state index in [0.29, 0.717) is 18.9 Å².